The maximum absolute atomic E-state index is 12.6. The molecule has 154 valence electrons. The second-order valence-corrected chi connectivity index (χ2v) is 10.2. The van der Waals surface area contributed by atoms with Crippen molar-refractivity contribution in [2.24, 2.45) is 0 Å². The van der Waals surface area contributed by atoms with E-state index in [9.17, 15) is 13.2 Å². The number of fused-ring (bicyclic) bond motifs is 1. The van der Waals surface area contributed by atoms with Gasteiger partial charge in [-0.25, -0.2) is 17.7 Å². The summed E-state index contributed by atoms with van der Waals surface area (Å²) in [5.74, 6) is -0.351. The number of unbranched alkanes of at least 4 members (excludes halogenated alkanes) is 1. The molecule has 6 nitrogen and oxygen atoms in total. The molecule has 0 unspecified atom stereocenters. The van der Waals surface area contributed by atoms with Crippen LogP contribution in [0.2, 0.25) is 5.02 Å². The van der Waals surface area contributed by atoms with Crippen LogP contribution in [0, 0.1) is 6.92 Å². The smallest absolute Gasteiger partial charge is 0.257 e. The van der Waals surface area contributed by atoms with Gasteiger partial charge in [0.05, 0.1) is 15.1 Å². The molecule has 0 fully saturated rings. The van der Waals surface area contributed by atoms with Crippen LogP contribution in [0.1, 0.15) is 35.7 Å². The quantitative estimate of drug-likeness (QED) is 0.552. The predicted molar refractivity (Wildman–Crippen MR) is 118 cm³/mol. The number of anilines is 1. The Balaban J connectivity index is 1.76. The number of halogens is 1. The topological polar surface area (TPSA) is 79.4 Å². The van der Waals surface area contributed by atoms with E-state index in [4.69, 9.17) is 11.6 Å². The van der Waals surface area contributed by atoms with E-state index in [2.05, 4.69) is 10.3 Å². The Hall–Kier alpha value is -2.00. The van der Waals surface area contributed by atoms with E-state index < -0.39 is 10.0 Å². The van der Waals surface area contributed by atoms with Crippen molar-refractivity contribution >= 4 is 54.2 Å². The zero-order valence-corrected chi connectivity index (χ0v) is 18.8. The van der Waals surface area contributed by atoms with E-state index in [0.29, 0.717) is 22.3 Å². The largest absolute Gasteiger partial charge is 0.298 e. The number of sulfonamides is 1. The molecule has 1 aromatic heterocycles. The Morgan fingerprint density at radius 2 is 1.90 bits per heavy atom. The number of nitrogens with one attached hydrogen (secondary N) is 1. The minimum atomic E-state index is -3.56. The normalized spacial score (nSPS) is 11.9. The van der Waals surface area contributed by atoms with Crippen molar-refractivity contribution < 1.29 is 13.2 Å². The number of aromatic nitrogens is 1. The van der Waals surface area contributed by atoms with Crippen molar-refractivity contribution in [2.45, 2.75) is 31.6 Å². The number of thiazole rings is 1. The lowest BCUT2D eigenvalue weighted by atomic mass is 10.2. The van der Waals surface area contributed by atoms with Crippen LogP contribution in [-0.4, -0.2) is 37.2 Å². The Kier molecular flexibility index (Phi) is 6.58. The first kappa shape index (κ1) is 21.7. The molecule has 0 saturated carbocycles. The number of hydrogen-bond acceptors (Lipinski definition) is 5. The first-order chi connectivity index (χ1) is 13.7. The van der Waals surface area contributed by atoms with Gasteiger partial charge in [-0.05, 0) is 55.3 Å². The monoisotopic (exact) mass is 451 g/mol. The van der Waals surface area contributed by atoms with Gasteiger partial charge in [-0.3, -0.25) is 10.1 Å². The van der Waals surface area contributed by atoms with E-state index in [0.717, 1.165) is 28.6 Å². The average molecular weight is 452 g/mol. The Morgan fingerprint density at radius 3 is 2.55 bits per heavy atom. The third-order valence-corrected chi connectivity index (χ3v) is 7.84. The van der Waals surface area contributed by atoms with Crippen LogP contribution in [0.4, 0.5) is 5.13 Å². The molecular weight excluding hydrogens is 430 g/mol. The number of aryl methyl sites for hydroxylation is 1. The highest BCUT2D eigenvalue weighted by atomic mass is 35.5. The lowest BCUT2D eigenvalue weighted by Crippen LogP contribution is -2.28. The summed E-state index contributed by atoms with van der Waals surface area (Å²) in [7, 11) is -2.00. The van der Waals surface area contributed by atoms with Crippen LogP contribution >= 0.6 is 22.9 Å². The number of nitrogens with zero attached hydrogens (tertiary/aromatic N) is 2. The lowest BCUT2D eigenvalue weighted by molar-refractivity contribution is 0.102. The van der Waals surface area contributed by atoms with E-state index in [1.54, 1.807) is 13.1 Å². The molecule has 2 aromatic carbocycles. The summed E-state index contributed by atoms with van der Waals surface area (Å²) < 4.78 is 27.4. The molecule has 0 aliphatic carbocycles. The van der Waals surface area contributed by atoms with Crippen molar-refractivity contribution in [3.05, 3.63) is 52.5 Å². The molecule has 29 heavy (non-hydrogen) atoms. The molecule has 0 atom stereocenters. The first-order valence-electron chi connectivity index (χ1n) is 9.17. The van der Waals surface area contributed by atoms with Crippen LogP contribution < -0.4 is 5.32 Å². The zero-order valence-electron chi connectivity index (χ0n) is 16.4. The number of hydrogen-bond donors (Lipinski definition) is 1. The van der Waals surface area contributed by atoms with Crippen molar-refractivity contribution in [2.75, 3.05) is 18.9 Å². The molecular formula is C20H22ClN3O3S2. The lowest BCUT2D eigenvalue weighted by Gasteiger charge is -2.16. The molecule has 3 aromatic rings. The van der Waals surface area contributed by atoms with Crippen molar-refractivity contribution in [3.63, 3.8) is 0 Å². The maximum Gasteiger partial charge on any atom is 0.257 e. The summed E-state index contributed by atoms with van der Waals surface area (Å²) >= 11 is 7.48. The SMILES string of the molecule is CCCCN(C)S(=O)(=O)c1ccc(C(=O)Nc2nc3c(C)c(Cl)ccc3s2)cc1. The number of benzene rings is 2. The maximum atomic E-state index is 12.6. The van der Waals surface area contributed by atoms with E-state index >= 15 is 0 Å². The summed E-state index contributed by atoms with van der Waals surface area (Å²) in [4.78, 5) is 17.2. The highest BCUT2D eigenvalue weighted by Crippen LogP contribution is 2.31. The van der Waals surface area contributed by atoms with Crippen LogP contribution in [-0.2, 0) is 10.0 Å². The van der Waals surface area contributed by atoms with Gasteiger partial charge in [0.15, 0.2) is 5.13 Å². The third-order valence-electron chi connectivity index (χ3n) is 4.62. The third kappa shape index (κ3) is 4.61. The van der Waals surface area contributed by atoms with Gasteiger partial charge >= 0.3 is 0 Å². The number of amides is 1. The molecule has 0 bridgehead atoms. The standard InChI is InChI=1S/C20H22ClN3O3S2/c1-4-5-12-24(3)29(26,27)15-8-6-14(7-9-15)19(25)23-20-22-18-13(2)16(21)10-11-17(18)28-20/h6-11H,4-5,12H2,1-3H3,(H,22,23,25). The van der Waals surface area contributed by atoms with Gasteiger partial charge in [-0.2, -0.15) is 0 Å². The average Bonchev–Trinajstić information content (AvgIpc) is 3.12. The molecule has 0 radical (unpaired) electrons. The molecule has 0 aliphatic heterocycles. The van der Waals surface area contributed by atoms with Crippen LogP contribution in [0.3, 0.4) is 0 Å². The number of rotatable bonds is 7. The molecule has 1 heterocycles. The summed E-state index contributed by atoms with van der Waals surface area (Å²) in [5, 5.41) is 3.86. The van der Waals surface area contributed by atoms with Gasteiger partial charge in [0.2, 0.25) is 10.0 Å². The van der Waals surface area contributed by atoms with Crippen LogP contribution in [0.5, 0.6) is 0 Å². The zero-order chi connectivity index (χ0) is 21.2. The number of carbonyl (C=O) groups is 1. The van der Waals surface area contributed by atoms with Gasteiger partial charge in [-0.15, -0.1) is 0 Å². The molecule has 3 rings (SSSR count). The highest BCUT2D eigenvalue weighted by Gasteiger charge is 2.20. The fourth-order valence-corrected chi connectivity index (χ4v) is 5.06. The van der Waals surface area contributed by atoms with Crippen molar-refractivity contribution in [1.82, 2.24) is 9.29 Å². The summed E-state index contributed by atoms with van der Waals surface area (Å²) in [6.45, 7) is 4.35. The molecule has 0 saturated heterocycles. The van der Waals surface area contributed by atoms with Crippen LogP contribution in [0.25, 0.3) is 10.2 Å². The predicted octanol–water partition coefficient (Wildman–Crippen LogP) is 4.93. The minimum absolute atomic E-state index is 0.165. The molecule has 0 aliphatic rings. The van der Waals surface area contributed by atoms with Crippen LogP contribution in [0.15, 0.2) is 41.3 Å². The van der Waals surface area contributed by atoms with E-state index in [1.165, 1.54) is 39.9 Å². The van der Waals surface area contributed by atoms with Gasteiger partial charge in [0.1, 0.15) is 0 Å². The fourth-order valence-electron chi connectivity index (χ4n) is 2.78. The molecule has 9 heteroatoms. The molecule has 0 spiro atoms. The van der Waals surface area contributed by atoms with Gasteiger partial charge < -0.3 is 0 Å². The fraction of sp³-hybridized carbons (Fsp3) is 0.300. The summed E-state index contributed by atoms with van der Waals surface area (Å²) in [6.07, 6.45) is 1.71. The molecule has 1 amide bonds. The van der Waals surface area contributed by atoms with Gasteiger partial charge in [0.25, 0.3) is 5.91 Å². The van der Waals surface area contributed by atoms with Crippen molar-refractivity contribution in [3.8, 4) is 0 Å². The Bertz CT molecular complexity index is 1140. The highest BCUT2D eigenvalue weighted by molar-refractivity contribution is 7.89. The Morgan fingerprint density at radius 1 is 1.21 bits per heavy atom. The summed E-state index contributed by atoms with van der Waals surface area (Å²) in [6, 6.07) is 9.59. The van der Waals surface area contributed by atoms with E-state index in [1.807, 2.05) is 19.9 Å². The van der Waals surface area contributed by atoms with E-state index in [-0.39, 0.29) is 10.8 Å². The second kappa shape index (κ2) is 8.79. The minimum Gasteiger partial charge on any atom is -0.298 e. The molecule has 1 N–H and O–H groups in total. The second-order valence-electron chi connectivity index (χ2n) is 6.70. The van der Waals surface area contributed by atoms with Gasteiger partial charge in [0, 0.05) is 24.2 Å². The number of carbonyl (C=O) groups excluding carboxylic acids is 1. The van der Waals surface area contributed by atoms with Gasteiger partial charge in [-0.1, -0.05) is 36.3 Å². The first-order valence-corrected chi connectivity index (χ1v) is 11.8. The Labute approximate surface area is 179 Å². The van der Waals surface area contributed by atoms with Crippen molar-refractivity contribution in [1.29, 1.82) is 0 Å². The summed E-state index contributed by atoms with van der Waals surface area (Å²) in [5.41, 5.74) is 1.98.